The van der Waals surface area contributed by atoms with Crippen LogP contribution in [0.2, 0.25) is 0 Å². The Kier molecular flexibility index (Phi) is 3.66. The summed E-state index contributed by atoms with van der Waals surface area (Å²) in [6.45, 7) is 0.548. The standard InChI is InChI=1S/C16H15N3O2/c20-11-13-4-1-5-14(7-13)16-10-19(18-17-16)9-12-3-2-6-15(21)8-12/h1-8,10,20-21H,9,11H2. The summed E-state index contributed by atoms with van der Waals surface area (Å²) in [5.41, 5.74) is 3.47. The number of aliphatic hydroxyl groups is 1. The monoisotopic (exact) mass is 281 g/mol. The van der Waals surface area contributed by atoms with Crippen molar-refractivity contribution in [2.24, 2.45) is 0 Å². The molecule has 0 saturated carbocycles. The van der Waals surface area contributed by atoms with Crippen molar-refractivity contribution in [1.82, 2.24) is 15.0 Å². The number of phenols is 1. The fourth-order valence-electron chi connectivity index (χ4n) is 2.18. The predicted octanol–water partition coefficient (Wildman–Crippen LogP) is 2.19. The maximum atomic E-state index is 9.46. The van der Waals surface area contributed by atoms with Gasteiger partial charge >= 0.3 is 0 Å². The molecule has 0 aliphatic heterocycles. The minimum absolute atomic E-state index is 0.00523. The molecule has 0 bridgehead atoms. The second-order valence-corrected chi connectivity index (χ2v) is 4.83. The maximum absolute atomic E-state index is 9.46. The molecular weight excluding hydrogens is 266 g/mol. The van der Waals surface area contributed by atoms with E-state index < -0.39 is 0 Å². The van der Waals surface area contributed by atoms with Crippen LogP contribution in [0.15, 0.2) is 54.7 Å². The summed E-state index contributed by atoms with van der Waals surface area (Å²) in [4.78, 5) is 0. The van der Waals surface area contributed by atoms with Gasteiger partial charge in [0.05, 0.1) is 19.3 Å². The molecule has 0 saturated heterocycles. The van der Waals surface area contributed by atoms with Gasteiger partial charge in [0.25, 0.3) is 0 Å². The number of rotatable bonds is 4. The topological polar surface area (TPSA) is 71.2 Å². The van der Waals surface area contributed by atoms with Gasteiger partial charge in [0.15, 0.2) is 0 Å². The van der Waals surface area contributed by atoms with Crippen LogP contribution < -0.4 is 0 Å². The molecule has 0 unspecified atom stereocenters. The fraction of sp³-hybridized carbons (Fsp3) is 0.125. The van der Waals surface area contributed by atoms with Crippen molar-refractivity contribution in [3.8, 4) is 17.0 Å². The normalized spacial score (nSPS) is 10.7. The maximum Gasteiger partial charge on any atom is 0.115 e. The predicted molar refractivity (Wildman–Crippen MR) is 78.6 cm³/mol. The van der Waals surface area contributed by atoms with Gasteiger partial charge < -0.3 is 10.2 Å². The lowest BCUT2D eigenvalue weighted by molar-refractivity contribution is 0.282. The van der Waals surface area contributed by atoms with Crippen molar-refractivity contribution < 1.29 is 10.2 Å². The van der Waals surface area contributed by atoms with Gasteiger partial charge in [-0.1, -0.05) is 35.5 Å². The quantitative estimate of drug-likeness (QED) is 0.769. The SMILES string of the molecule is OCc1cccc(-c2cn(Cc3cccc(O)c3)nn2)c1. The minimum atomic E-state index is 0.00523. The number of aromatic nitrogens is 3. The third-order valence-electron chi connectivity index (χ3n) is 3.20. The third-order valence-corrected chi connectivity index (χ3v) is 3.20. The Bertz CT molecular complexity index is 753. The largest absolute Gasteiger partial charge is 0.508 e. The molecule has 0 spiro atoms. The van der Waals surface area contributed by atoms with Crippen LogP contribution in [-0.4, -0.2) is 25.2 Å². The molecule has 1 heterocycles. The van der Waals surface area contributed by atoms with E-state index in [0.717, 1.165) is 22.4 Å². The highest BCUT2D eigenvalue weighted by molar-refractivity contribution is 5.58. The lowest BCUT2D eigenvalue weighted by atomic mass is 10.1. The van der Waals surface area contributed by atoms with E-state index in [-0.39, 0.29) is 12.4 Å². The van der Waals surface area contributed by atoms with Crippen LogP contribution in [0.1, 0.15) is 11.1 Å². The molecule has 0 aliphatic rings. The Morgan fingerprint density at radius 3 is 2.62 bits per heavy atom. The average molecular weight is 281 g/mol. The van der Waals surface area contributed by atoms with Gasteiger partial charge in [-0.25, -0.2) is 4.68 Å². The third kappa shape index (κ3) is 3.09. The van der Waals surface area contributed by atoms with E-state index in [1.165, 1.54) is 0 Å². The zero-order chi connectivity index (χ0) is 14.7. The molecule has 0 atom stereocenters. The first-order valence-electron chi connectivity index (χ1n) is 6.63. The lowest BCUT2D eigenvalue weighted by Crippen LogP contribution is -1.99. The molecule has 3 aromatic rings. The van der Waals surface area contributed by atoms with E-state index in [1.807, 2.05) is 36.5 Å². The molecule has 0 aliphatic carbocycles. The van der Waals surface area contributed by atoms with Gasteiger partial charge in [0, 0.05) is 5.56 Å². The molecule has 2 aromatic carbocycles. The Morgan fingerprint density at radius 1 is 1.00 bits per heavy atom. The molecular formula is C16H15N3O2. The van der Waals surface area contributed by atoms with Crippen LogP contribution in [0.25, 0.3) is 11.3 Å². The summed E-state index contributed by atoms with van der Waals surface area (Å²) < 4.78 is 1.72. The molecule has 0 amide bonds. The van der Waals surface area contributed by atoms with Crippen LogP contribution in [0, 0.1) is 0 Å². The van der Waals surface area contributed by atoms with E-state index in [9.17, 15) is 10.2 Å². The summed E-state index contributed by atoms with van der Waals surface area (Å²) in [6, 6.07) is 14.6. The van der Waals surface area contributed by atoms with Gasteiger partial charge in [0.2, 0.25) is 0 Å². The summed E-state index contributed by atoms with van der Waals surface area (Å²) in [5.74, 6) is 0.239. The number of nitrogens with zero attached hydrogens (tertiary/aromatic N) is 3. The van der Waals surface area contributed by atoms with Crippen LogP contribution >= 0.6 is 0 Å². The summed E-state index contributed by atoms with van der Waals surface area (Å²) in [5, 5.41) is 26.9. The highest BCUT2D eigenvalue weighted by Crippen LogP contribution is 2.18. The van der Waals surface area contributed by atoms with E-state index in [4.69, 9.17) is 0 Å². The van der Waals surface area contributed by atoms with E-state index in [2.05, 4.69) is 10.3 Å². The molecule has 21 heavy (non-hydrogen) atoms. The number of hydrogen-bond donors (Lipinski definition) is 2. The zero-order valence-corrected chi connectivity index (χ0v) is 11.3. The number of hydrogen-bond acceptors (Lipinski definition) is 4. The number of aromatic hydroxyl groups is 1. The number of phenolic OH excluding ortho intramolecular Hbond substituents is 1. The van der Waals surface area contributed by atoms with Crippen molar-refractivity contribution >= 4 is 0 Å². The highest BCUT2D eigenvalue weighted by atomic mass is 16.3. The van der Waals surface area contributed by atoms with Gasteiger partial charge in [-0.2, -0.15) is 0 Å². The zero-order valence-electron chi connectivity index (χ0n) is 11.3. The first-order chi connectivity index (χ1) is 10.2. The number of benzene rings is 2. The molecule has 3 rings (SSSR count). The Balaban J connectivity index is 1.82. The smallest absolute Gasteiger partial charge is 0.115 e. The van der Waals surface area contributed by atoms with Crippen molar-refractivity contribution in [2.75, 3.05) is 0 Å². The van der Waals surface area contributed by atoms with Gasteiger partial charge in [-0.05, 0) is 29.3 Å². The summed E-state index contributed by atoms with van der Waals surface area (Å²) in [6.07, 6.45) is 1.85. The highest BCUT2D eigenvalue weighted by Gasteiger charge is 2.05. The van der Waals surface area contributed by atoms with Crippen LogP contribution in [0.4, 0.5) is 0 Å². The van der Waals surface area contributed by atoms with E-state index in [0.29, 0.717) is 6.54 Å². The summed E-state index contributed by atoms with van der Waals surface area (Å²) in [7, 11) is 0. The van der Waals surface area contributed by atoms with E-state index >= 15 is 0 Å². The van der Waals surface area contributed by atoms with Crippen LogP contribution in [0.3, 0.4) is 0 Å². The first-order valence-corrected chi connectivity index (χ1v) is 6.63. The van der Waals surface area contributed by atoms with Crippen LogP contribution in [-0.2, 0) is 13.2 Å². The van der Waals surface area contributed by atoms with Crippen molar-refractivity contribution in [1.29, 1.82) is 0 Å². The second-order valence-electron chi connectivity index (χ2n) is 4.83. The molecule has 106 valence electrons. The molecule has 5 heteroatoms. The second kappa shape index (κ2) is 5.76. The van der Waals surface area contributed by atoms with E-state index in [1.54, 1.807) is 22.9 Å². The fourth-order valence-corrected chi connectivity index (χ4v) is 2.18. The molecule has 2 N–H and O–H groups in total. The lowest BCUT2D eigenvalue weighted by Gasteiger charge is -2.01. The minimum Gasteiger partial charge on any atom is -0.508 e. The molecule has 0 fully saturated rings. The number of aliphatic hydroxyl groups excluding tert-OH is 1. The summed E-state index contributed by atoms with van der Waals surface area (Å²) >= 11 is 0. The van der Waals surface area contributed by atoms with Crippen molar-refractivity contribution in [3.63, 3.8) is 0 Å². The van der Waals surface area contributed by atoms with Gasteiger partial charge in [-0.15, -0.1) is 5.10 Å². The van der Waals surface area contributed by atoms with Gasteiger partial charge in [0.1, 0.15) is 11.4 Å². The van der Waals surface area contributed by atoms with Crippen molar-refractivity contribution in [3.05, 3.63) is 65.9 Å². The first kappa shape index (κ1) is 13.3. The molecule has 5 nitrogen and oxygen atoms in total. The van der Waals surface area contributed by atoms with Gasteiger partial charge in [-0.3, -0.25) is 0 Å². The van der Waals surface area contributed by atoms with Crippen molar-refractivity contribution in [2.45, 2.75) is 13.2 Å². The average Bonchev–Trinajstić information content (AvgIpc) is 2.96. The Labute approximate surface area is 122 Å². The molecule has 0 radical (unpaired) electrons. The Morgan fingerprint density at radius 2 is 1.81 bits per heavy atom. The van der Waals surface area contributed by atoms with Crippen LogP contribution in [0.5, 0.6) is 5.75 Å². The Hall–Kier alpha value is -2.66. The molecule has 1 aromatic heterocycles.